The summed E-state index contributed by atoms with van der Waals surface area (Å²) in [4.78, 5) is 0. The van der Waals surface area contributed by atoms with Crippen LogP contribution < -0.4 is 14.2 Å². The number of phenols is 10. The highest BCUT2D eigenvalue weighted by Crippen LogP contribution is 2.62. The third-order valence-corrected chi connectivity index (χ3v) is 11.6. The SMILES string of the molecule is Oc1ccc([C@H]2c3c4c(c(O)c([C@@H]5c6ccc(O)cc6O[C@H](c6ccc(O)c(O)c6)[C@H]5O)c3O[C@H](c3ccc(O)c(O)c3)[C@H]2O)C[C@@H](O)[C@@H](c2ccc(O)c(O)c2)O4)c(O)c1. The predicted molar refractivity (Wildman–Crippen MR) is 211 cm³/mol. The van der Waals surface area contributed by atoms with Crippen LogP contribution in [-0.4, -0.2) is 84.7 Å². The molecule has 0 unspecified atom stereocenters. The summed E-state index contributed by atoms with van der Waals surface area (Å²) in [6, 6.07) is 18.9. The van der Waals surface area contributed by atoms with E-state index in [9.17, 15) is 66.4 Å². The van der Waals surface area contributed by atoms with Gasteiger partial charge in [-0.3, -0.25) is 0 Å². The standard InChI is InChI=1S/C45H38O16/c46-20-4-6-22(28(51)14-20)34-37-44-24(16-32(55)41(60-44)17-1-8-25(48)29(52)11-17)38(56)36(45(37)61-43(39(34)57)19-3-10-27(50)31(54)13-19)35-23-7-5-21(47)15-33(23)59-42(40(35)58)18-2-9-26(49)30(53)12-18/h1-15,32,34-35,39-43,46-58H,16H2/t32-,34+,35+,39+,40+,41-,42-,43-/m1/s1. The Labute approximate surface area is 345 Å². The summed E-state index contributed by atoms with van der Waals surface area (Å²) in [7, 11) is 0. The molecule has 314 valence electrons. The van der Waals surface area contributed by atoms with Crippen molar-refractivity contribution < 1.29 is 80.6 Å². The normalized spacial score (nSPS) is 24.0. The fourth-order valence-corrected chi connectivity index (χ4v) is 8.76. The molecule has 0 bridgehead atoms. The van der Waals surface area contributed by atoms with Gasteiger partial charge in [-0.15, -0.1) is 0 Å². The van der Waals surface area contributed by atoms with Gasteiger partial charge in [-0.05, 0) is 65.2 Å². The molecular weight excluding hydrogens is 796 g/mol. The molecule has 6 aromatic rings. The van der Waals surface area contributed by atoms with Gasteiger partial charge in [-0.25, -0.2) is 0 Å². The number of aliphatic hydroxyl groups excluding tert-OH is 3. The molecule has 0 aromatic heterocycles. The molecular formula is C45H38O16. The largest absolute Gasteiger partial charge is 0.508 e. The van der Waals surface area contributed by atoms with Gasteiger partial charge in [0.05, 0.1) is 6.10 Å². The summed E-state index contributed by atoms with van der Waals surface area (Å²) in [6.07, 6.45) is -9.19. The van der Waals surface area contributed by atoms with E-state index >= 15 is 0 Å². The Bertz CT molecular complexity index is 2730. The van der Waals surface area contributed by atoms with Crippen molar-refractivity contribution in [2.75, 3.05) is 0 Å². The summed E-state index contributed by atoms with van der Waals surface area (Å²) in [6.45, 7) is 0. The number of fused-ring (bicyclic) bond motifs is 4. The van der Waals surface area contributed by atoms with Crippen LogP contribution in [0, 0.1) is 0 Å². The van der Waals surface area contributed by atoms with Crippen molar-refractivity contribution in [3.63, 3.8) is 0 Å². The minimum absolute atomic E-state index is 0.00621. The van der Waals surface area contributed by atoms with E-state index < -0.39 is 94.5 Å². The highest BCUT2D eigenvalue weighted by molar-refractivity contribution is 5.71. The number of benzene rings is 6. The molecule has 0 amide bonds. The zero-order valence-electron chi connectivity index (χ0n) is 31.5. The van der Waals surface area contributed by atoms with E-state index in [-0.39, 0.29) is 79.7 Å². The maximum atomic E-state index is 12.6. The third-order valence-electron chi connectivity index (χ3n) is 11.6. The molecule has 3 heterocycles. The fourth-order valence-electron chi connectivity index (χ4n) is 8.76. The summed E-state index contributed by atoms with van der Waals surface area (Å²) in [5.41, 5.74) is 0.560. The van der Waals surface area contributed by atoms with Gasteiger partial charge in [0.1, 0.15) is 58.6 Å². The van der Waals surface area contributed by atoms with Gasteiger partial charge in [-0.1, -0.05) is 30.3 Å². The Morgan fingerprint density at radius 1 is 0.410 bits per heavy atom. The van der Waals surface area contributed by atoms with Crippen molar-refractivity contribution in [3.8, 4) is 74.7 Å². The number of aromatic hydroxyl groups is 10. The first kappa shape index (κ1) is 39.1. The monoisotopic (exact) mass is 834 g/mol. The van der Waals surface area contributed by atoms with Crippen molar-refractivity contribution in [1.29, 1.82) is 0 Å². The summed E-state index contributed by atoms with van der Waals surface area (Å²) in [5.74, 6) is -7.61. The fraction of sp³-hybridized carbons (Fsp3) is 0.200. The van der Waals surface area contributed by atoms with Crippen LogP contribution in [0.25, 0.3) is 0 Å². The van der Waals surface area contributed by atoms with Gasteiger partial charge in [-0.2, -0.15) is 0 Å². The molecule has 16 heteroatoms. The topological polar surface area (TPSA) is 291 Å². The molecule has 13 N–H and O–H groups in total. The quantitative estimate of drug-likeness (QED) is 0.101. The van der Waals surface area contributed by atoms with Crippen molar-refractivity contribution in [1.82, 2.24) is 0 Å². The first-order valence-electron chi connectivity index (χ1n) is 19.0. The third kappa shape index (κ3) is 6.35. The summed E-state index contributed by atoms with van der Waals surface area (Å²) < 4.78 is 19.5. The van der Waals surface area contributed by atoms with E-state index in [0.29, 0.717) is 0 Å². The van der Waals surface area contributed by atoms with Crippen LogP contribution in [0.5, 0.6) is 74.7 Å². The Balaban J connectivity index is 1.36. The average molecular weight is 835 g/mol. The van der Waals surface area contributed by atoms with E-state index in [1.54, 1.807) is 0 Å². The first-order valence-corrected chi connectivity index (χ1v) is 19.0. The van der Waals surface area contributed by atoms with Crippen molar-refractivity contribution in [2.45, 2.75) is 54.9 Å². The molecule has 8 atom stereocenters. The molecule has 3 aliphatic rings. The lowest BCUT2D eigenvalue weighted by Crippen LogP contribution is -2.40. The van der Waals surface area contributed by atoms with Crippen LogP contribution in [0.3, 0.4) is 0 Å². The number of hydrogen-bond donors (Lipinski definition) is 13. The number of hydrogen-bond acceptors (Lipinski definition) is 16. The maximum absolute atomic E-state index is 12.6. The van der Waals surface area contributed by atoms with E-state index in [0.717, 1.165) is 12.1 Å². The highest BCUT2D eigenvalue weighted by atomic mass is 16.5. The van der Waals surface area contributed by atoms with Gasteiger partial charge in [0.25, 0.3) is 0 Å². The Kier molecular flexibility index (Phi) is 9.23. The second-order valence-electron chi connectivity index (χ2n) is 15.3. The minimum atomic E-state index is -1.68. The van der Waals surface area contributed by atoms with Gasteiger partial charge < -0.3 is 80.6 Å². The van der Waals surface area contributed by atoms with Gasteiger partial charge in [0.15, 0.2) is 46.7 Å². The lowest BCUT2D eigenvalue weighted by molar-refractivity contribution is -0.00866. The molecule has 3 aliphatic heterocycles. The lowest BCUT2D eigenvalue weighted by Gasteiger charge is -2.44. The highest BCUT2D eigenvalue weighted by Gasteiger charge is 2.51. The molecule has 0 aliphatic carbocycles. The van der Waals surface area contributed by atoms with Crippen LogP contribution in [0.2, 0.25) is 0 Å². The van der Waals surface area contributed by atoms with Crippen molar-refractivity contribution in [2.24, 2.45) is 0 Å². The average Bonchev–Trinajstić information content (AvgIpc) is 3.22. The molecule has 0 radical (unpaired) electrons. The zero-order chi connectivity index (χ0) is 43.2. The molecule has 0 spiro atoms. The van der Waals surface area contributed by atoms with Crippen molar-refractivity contribution >= 4 is 0 Å². The van der Waals surface area contributed by atoms with Gasteiger partial charge in [0.2, 0.25) is 0 Å². The lowest BCUT2D eigenvalue weighted by atomic mass is 9.72. The number of phenolic OH excluding ortho intramolecular Hbond substituents is 10. The molecule has 6 aromatic carbocycles. The van der Waals surface area contributed by atoms with Crippen molar-refractivity contribution in [3.05, 3.63) is 136 Å². The molecule has 0 saturated carbocycles. The molecule has 0 fully saturated rings. The van der Waals surface area contributed by atoms with Crippen LogP contribution in [0.15, 0.2) is 91.0 Å². The number of rotatable bonds is 5. The molecule has 16 nitrogen and oxygen atoms in total. The van der Waals surface area contributed by atoms with E-state index in [1.165, 1.54) is 78.9 Å². The Hall–Kier alpha value is -7.40. The van der Waals surface area contributed by atoms with Gasteiger partial charge in [0, 0.05) is 58.2 Å². The number of aliphatic hydroxyl groups is 3. The van der Waals surface area contributed by atoms with E-state index in [4.69, 9.17) is 14.2 Å². The molecule has 61 heavy (non-hydrogen) atoms. The number of ether oxygens (including phenoxy) is 3. The summed E-state index contributed by atoms with van der Waals surface area (Å²) in [5, 5.41) is 144. The van der Waals surface area contributed by atoms with E-state index in [2.05, 4.69) is 0 Å². The van der Waals surface area contributed by atoms with E-state index in [1.807, 2.05) is 0 Å². The smallest absolute Gasteiger partial charge is 0.157 e. The first-order chi connectivity index (χ1) is 29.1. The van der Waals surface area contributed by atoms with Crippen LogP contribution >= 0.6 is 0 Å². The second-order valence-corrected chi connectivity index (χ2v) is 15.3. The van der Waals surface area contributed by atoms with Crippen LogP contribution in [0.4, 0.5) is 0 Å². The predicted octanol–water partition coefficient (Wildman–Crippen LogP) is 5.03. The second kappa shape index (κ2) is 14.4. The molecule has 9 rings (SSSR count). The Morgan fingerprint density at radius 2 is 0.885 bits per heavy atom. The van der Waals surface area contributed by atoms with Crippen LogP contribution in [-0.2, 0) is 6.42 Å². The van der Waals surface area contributed by atoms with Gasteiger partial charge >= 0.3 is 0 Å². The Morgan fingerprint density at radius 3 is 1.43 bits per heavy atom. The zero-order valence-corrected chi connectivity index (χ0v) is 31.5. The minimum Gasteiger partial charge on any atom is -0.508 e. The molecule has 0 saturated heterocycles. The van der Waals surface area contributed by atoms with Crippen LogP contribution in [0.1, 0.15) is 74.7 Å². The maximum Gasteiger partial charge on any atom is 0.157 e. The summed E-state index contributed by atoms with van der Waals surface area (Å²) >= 11 is 0.